The molecule has 0 saturated carbocycles. The van der Waals surface area contributed by atoms with Crippen molar-refractivity contribution >= 4 is 29.3 Å². The standard InChI is InChI=1S/C4H8Cl2NP/c5-8(6)7-3-1-2-4-7/h1-4H2. The third-order valence-electron chi connectivity index (χ3n) is 1.30. The maximum Gasteiger partial charge on any atom is 0.159 e. The molecule has 1 saturated heterocycles. The van der Waals surface area contributed by atoms with E-state index in [1.54, 1.807) is 0 Å². The second-order valence-electron chi connectivity index (χ2n) is 1.88. The van der Waals surface area contributed by atoms with Crippen LogP contribution in [0.15, 0.2) is 0 Å². The molecular formula is C4H8Cl2NP. The molecule has 1 heterocycles. The molecule has 0 bridgehead atoms. The van der Waals surface area contributed by atoms with Crippen LogP contribution in [-0.4, -0.2) is 17.8 Å². The second kappa shape index (κ2) is 3.22. The van der Waals surface area contributed by atoms with Gasteiger partial charge in [-0.2, -0.15) is 0 Å². The molecule has 0 radical (unpaired) electrons. The molecule has 0 aromatic carbocycles. The smallest absolute Gasteiger partial charge is 0.159 e. The molecule has 0 spiro atoms. The molecule has 1 rings (SSSR count). The van der Waals surface area contributed by atoms with E-state index in [-0.39, 0.29) is 0 Å². The van der Waals surface area contributed by atoms with Crippen molar-refractivity contribution in [3.05, 3.63) is 0 Å². The van der Waals surface area contributed by atoms with Crippen molar-refractivity contribution in [2.24, 2.45) is 0 Å². The van der Waals surface area contributed by atoms with Crippen molar-refractivity contribution in [1.82, 2.24) is 4.67 Å². The Morgan fingerprint density at radius 1 is 1.12 bits per heavy atom. The monoisotopic (exact) mass is 171 g/mol. The lowest BCUT2D eigenvalue weighted by Crippen LogP contribution is -2.06. The van der Waals surface area contributed by atoms with Gasteiger partial charge in [-0.3, -0.25) is 4.67 Å². The van der Waals surface area contributed by atoms with E-state index in [9.17, 15) is 0 Å². The average molecular weight is 172 g/mol. The summed E-state index contributed by atoms with van der Waals surface area (Å²) in [5.41, 5.74) is 0. The molecule has 4 heteroatoms. The molecule has 0 atom stereocenters. The summed E-state index contributed by atoms with van der Waals surface area (Å²) in [7, 11) is 0. The molecule has 1 nitrogen and oxygen atoms in total. The van der Waals surface area contributed by atoms with Gasteiger partial charge in [0.05, 0.1) is 0 Å². The Morgan fingerprint density at radius 3 is 1.88 bits per heavy atom. The Kier molecular flexibility index (Phi) is 2.85. The molecular weight excluding hydrogens is 164 g/mol. The van der Waals surface area contributed by atoms with E-state index in [0.717, 1.165) is 13.1 Å². The van der Waals surface area contributed by atoms with Gasteiger partial charge in [0.2, 0.25) is 0 Å². The maximum atomic E-state index is 5.64. The number of halogens is 2. The second-order valence-corrected chi connectivity index (χ2v) is 5.31. The van der Waals surface area contributed by atoms with E-state index in [1.807, 2.05) is 0 Å². The van der Waals surface area contributed by atoms with Gasteiger partial charge in [-0.1, -0.05) is 22.5 Å². The first-order valence-corrected chi connectivity index (χ1v) is 5.78. The quantitative estimate of drug-likeness (QED) is 0.549. The van der Waals surface area contributed by atoms with Crippen LogP contribution >= 0.6 is 29.3 Å². The lowest BCUT2D eigenvalue weighted by molar-refractivity contribution is 0.580. The van der Waals surface area contributed by atoms with E-state index in [4.69, 9.17) is 22.5 Å². The minimum Gasteiger partial charge on any atom is -0.257 e. The highest BCUT2D eigenvalue weighted by Crippen LogP contribution is 2.51. The van der Waals surface area contributed by atoms with Crippen molar-refractivity contribution in [3.8, 4) is 0 Å². The lowest BCUT2D eigenvalue weighted by Gasteiger charge is -2.12. The number of nitrogens with zero attached hydrogens (tertiary/aromatic N) is 1. The highest BCUT2D eigenvalue weighted by atomic mass is 35.9. The van der Waals surface area contributed by atoms with Crippen molar-refractivity contribution < 1.29 is 0 Å². The summed E-state index contributed by atoms with van der Waals surface area (Å²) in [4.78, 5) is 0. The summed E-state index contributed by atoms with van der Waals surface area (Å²) < 4.78 is 2.12. The van der Waals surface area contributed by atoms with Crippen molar-refractivity contribution in [2.45, 2.75) is 12.8 Å². The summed E-state index contributed by atoms with van der Waals surface area (Å²) in [5.74, 6) is 0. The number of hydrogen-bond acceptors (Lipinski definition) is 1. The molecule has 1 fully saturated rings. The Hall–Kier alpha value is 0.970. The highest BCUT2D eigenvalue weighted by Gasteiger charge is 2.17. The molecule has 1 aliphatic rings. The van der Waals surface area contributed by atoms with Gasteiger partial charge < -0.3 is 0 Å². The molecule has 0 unspecified atom stereocenters. The van der Waals surface area contributed by atoms with Crippen LogP contribution in [-0.2, 0) is 0 Å². The van der Waals surface area contributed by atoms with E-state index < -0.39 is 6.78 Å². The van der Waals surface area contributed by atoms with Gasteiger partial charge in [-0.15, -0.1) is 0 Å². The molecule has 48 valence electrons. The molecule has 0 aromatic heterocycles. The molecule has 0 N–H and O–H groups in total. The van der Waals surface area contributed by atoms with E-state index in [1.165, 1.54) is 12.8 Å². The van der Waals surface area contributed by atoms with Gasteiger partial charge in [0, 0.05) is 13.1 Å². The Balaban J connectivity index is 2.24. The first kappa shape index (κ1) is 7.08. The van der Waals surface area contributed by atoms with Crippen molar-refractivity contribution in [1.29, 1.82) is 0 Å². The normalized spacial score (nSPS) is 22.9. The fraction of sp³-hybridized carbons (Fsp3) is 1.00. The summed E-state index contributed by atoms with van der Waals surface area (Å²) in [6.45, 7) is 1.37. The minimum atomic E-state index is -0.824. The molecule has 8 heavy (non-hydrogen) atoms. The fourth-order valence-electron chi connectivity index (χ4n) is 0.852. The van der Waals surface area contributed by atoms with Crippen LogP contribution in [0.2, 0.25) is 0 Å². The summed E-state index contributed by atoms with van der Waals surface area (Å²) >= 11 is 11.3. The number of rotatable bonds is 1. The van der Waals surface area contributed by atoms with Crippen LogP contribution in [0.1, 0.15) is 12.8 Å². The number of hydrogen-bond donors (Lipinski definition) is 0. The fourth-order valence-corrected chi connectivity index (χ4v) is 2.34. The first-order valence-electron chi connectivity index (χ1n) is 2.67. The predicted octanol–water partition coefficient (Wildman–Crippen LogP) is 2.79. The summed E-state index contributed by atoms with van der Waals surface area (Å²) in [6.07, 6.45) is 2.52. The van der Waals surface area contributed by atoms with Crippen LogP contribution < -0.4 is 0 Å². The lowest BCUT2D eigenvalue weighted by atomic mass is 10.4. The van der Waals surface area contributed by atoms with Gasteiger partial charge in [-0.25, -0.2) is 0 Å². The predicted molar refractivity (Wildman–Crippen MR) is 39.4 cm³/mol. The third-order valence-corrected chi connectivity index (χ3v) is 3.41. The minimum absolute atomic E-state index is 0.824. The van der Waals surface area contributed by atoms with E-state index >= 15 is 0 Å². The van der Waals surface area contributed by atoms with E-state index in [0.29, 0.717) is 0 Å². The zero-order chi connectivity index (χ0) is 5.98. The van der Waals surface area contributed by atoms with Crippen LogP contribution in [0.4, 0.5) is 0 Å². The molecule has 0 aliphatic carbocycles. The zero-order valence-corrected chi connectivity index (χ0v) is 6.89. The van der Waals surface area contributed by atoms with Crippen molar-refractivity contribution in [2.75, 3.05) is 13.1 Å². The topological polar surface area (TPSA) is 3.24 Å². The van der Waals surface area contributed by atoms with Crippen LogP contribution in [0.5, 0.6) is 0 Å². The van der Waals surface area contributed by atoms with Crippen LogP contribution in [0.3, 0.4) is 0 Å². The largest absolute Gasteiger partial charge is 0.257 e. The maximum absolute atomic E-state index is 5.64. The highest BCUT2D eigenvalue weighted by molar-refractivity contribution is 8.02. The molecule has 0 amide bonds. The van der Waals surface area contributed by atoms with E-state index in [2.05, 4.69) is 4.67 Å². The van der Waals surface area contributed by atoms with Crippen molar-refractivity contribution in [3.63, 3.8) is 0 Å². The molecule has 1 aliphatic heterocycles. The SMILES string of the molecule is ClP(Cl)N1CCCC1. The first-order chi connectivity index (χ1) is 3.80. The van der Waals surface area contributed by atoms with Crippen LogP contribution in [0.25, 0.3) is 0 Å². The average Bonchev–Trinajstić information content (AvgIpc) is 2.12. The van der Waals surface area contributed by atoms with Gasteiger partial charge in [0.1, 0.15) is 0 Å². The van der Waals surface area contributed by atoms with Gasteiger partial charge in [0.15, 0.2) is 6.78 Å². The third kappa shape index (κ3) is 1.73. The Morgan fingerprint density at radius 2 is 1.62 bits per heavy atom. The van der Waals surface area contributed by atoms with Gasteiger partial charge in [-0.05, 0) is 12.8 Å². The molecule has 0 aromatic rings. The van der Waals surface area contributed by atoms with Crippen LogP contribution in [0, 0.1) is 0 Å². The van der Waals surface area contributed by atoms with Gasteiger partial charge in [0.25, 0.3) is 0 Å². The van der Waals surface area contributed by atoms with Gasteiger partial charge >= 0.3 is 0 Å². The summed E-state index contributed by atoms with van der Waals surface area (Å²) in [5, 5.41) is 0. The Bertz CT molecular complexity index is 72.4. The zero-order valence-electron chi connectivity index (χ0n) is 4.48. The Labute approximate surface area is 60.3 Å². The summed E-state index contributed by atoms with van der Waals surface area (Å²) in [6, 6.07) is 0.